The highest BCUT2D eigenvalue weighted by Gasteiger charge is 2.16. The predicted octanol–water partition coefficient (Wildman–Crippen LogP) is 4.68. The van der Waals surface area contributed by atoms with Crippen LogP contribution in [0.5, 0.6) is 11.5 Å². The van der Waals surface area contributed by atoms with Crippen LogP contribution in [-0.2, 0) is 13.0 Å². The molecule has 0 spiro atoms. The monoisotopic (exact) mass is 352 g/mol. The molecule has 0 amide bonds. The smallest absolute Gasteiger partial charge is 0.263 e. The van der Waals surface area contributed by atoms with Crippen molar-refractivity contribution in [2.24, 2.45) is 0 Å². The fourth-order valence-corrected chi connectivity index (χ4v) is 2.65. The zero-order chi connectivity index (χ0) is 18.4. The number of oxazole rings is 1. The van der Waals surface area contributed by atoms with Crippen molar-refractivity contribution in [2.75, 3.05) is 7.11 Å². The molecule has 0 bridgehead atoms. The van der Waals surface area contributed by atoms with Crippen molar-refractivity contribution in [3.05, 3.63) is 53.6 Å². The number of aryl methyl sites for hydroxylation is 2. The van der Waals surface area contributed by atoms with Gasteiger partial charge in [-0.05, 0) is 43.5 Å². The van der Waals surface area contributed by atoms with E-state index in [1.807, 2.05) is 25.1 Å². The van der Waals surface area contributed by atoms with E-state index in [0.717, 1.165) is 18.4 Å². The van der Waals surface area contributed by atoms with E-state index in [1.165, 1.54) is 0 Å². The molecule has 134 valence electrons. The van der Waals surface area contributed by atoms with E-state index in [2.05, 4.69) is 11.1 Å². The summed E-state index contributed by atoms with van der Waals surface area (Å²) in [5.41, 5.74) is 1.71. The van der Waals surface area contributed by atoms with Crippen molar-refractivity contribution in [1.82, 2.24) is 4.98 Å². The maximum Gasteiger partial charge on any atom is 0.263 e. The van der Waals surface area contributed by atoms with Gasteiger partial charge in [0.15, 0.2) is 17.3 Å². The number of nitrogens with zero attached hydrogens (tertiary/aromatic N) is 2. The molecule has 0 fully saturated rings. The largest absolute Gasteiger partial charge is 0.493 e. The molecule has 1 aromatic carbocycles. The Morgan fingerprint density at radius 1 is 1.23 bits per heavy atom. The van der Waals surface area contributed by atoms with Gasteiger partial charge in [-0.3, -0.25) is 0 Å². The molecule has 6 heteroatoms. The number of nitriles is 1. The molecule has 0 saturated carbocycles. The van der Waals surface area contributed by atoms with Crippen LogP contribution in [0, 0.1) is 18.3 Å². The normalized spacial score (nSPS) is 10.5. The van der Waals surface area contributed by atoms with Gasteiger partial charge in [-0.25, -0.2) is 4.98 Å². The number of para-hydroxylation sites is 1. The summed E-state index contributed by atoms with van der Waals surface area (Å²) in [4.78, 5) is 4.46. The number of unbranched alkanes of at least 4 members (excludes halogenated alkanes) is 1. The van der Waals surface area contributed by atoms with Crippen molar-refractivity contribution in [1.29, 1.82) is 5.26 Å². The third-order valence-corrected chi connectivity index (χ3v) is 3.99. The maximum absolute atomic E-state index is 8.75. The maximum atomic E-state index is 8.75. The summed E-state index contributed by atoms with van der Waals surface area (Å²) >= 11 is 0. The van der Waals surface area contributed by atoms with Crippen LogP contribution in [0.2, 0.25) is 0 Å². The van der Waals surface area contributed by atoms with Gasteiger partial charge in [-0.1, -0.05) is 12.1 Å². The van der Waals surface area contributed by atoms with Crippen molar-refractivity contribution in [3.8, 4) is 29.2 Å². The molecule has 0 aliphatic heterocycles. The van der Waals surface area contributed by atoms with Crippen LogP contribution in [0.3, 0.4) is 0 Å². The van der Waals surface area contributed by atoms with Crippen molar-refractivity contribution in [3.63, 3.8) is 0 Å². The topological polar surface area (TPSA) is 81.4 Å². The lowest BCUT2D eigenvalue weighted by Gasteiger charge is -2.14. The summed E-state index contributed by atoms with van der Waals surface area (Å²) in [7, 11) is 1.61. The van der Waals surface area contributed by atoms with Gasteiger partial charge < -0.3 is 18.3 Å². The van der Waals surface area contributed by atoms with Gasteiger partial charge in [0.05, 0.1) is 19.4 Å². The molecule has 0 atom stereocenters. The standard InChI is InChI=1S/C20H20N2O4/c1-14-16(22-20(26-14)18-10-6-12-24-18)13-25-19-15(7-3-4-11-21)8-5-9-17(19)23-2/h5-6,8-10,12H,3-4,7,13H2,1-2H3. The first-order valence-electron chi connectivity index (χ1n) is 8.38. The van der Waals surface area contributed by atoms with E-state index in [4.69, 9.17) is 23.6 Å². The number of benzene rings is 1. The molecule has 26 heavy (non-hydrogen) atoms. The van der Waals surface area contributed by atoms with Crippen LogP contribution in [0.4, 0.5) is 0 Å². The van der Waals surface area contributed by atoms with Gasteiger partial charge in [-0.15, -0.1) is 0 Å². The molecule has 0 saturated heterocycles. The molecule has 0 aliphatic carbocycles. The minimum Gasteiger partial charge on any atom is -0.493 e. The minimum atomic E-state index is 0.252. The highest BCUT2D eigenvalue weighted by molar-refractivity contribution is 5.47. The Labute approximate surface area is 152 Å². The van der Waals surface area contributed by atoms with Crippen LogP contribution in [-0.4, -0.2) is 12.1 Å². The summed E-state index contributed by atoms with van der Waals surface area (Å²) in [6.07, 6.45) is 3.60. The van der Waals surface area contributed by atoms with Crippen LogP contribution >= 0.6 is 0 Å². The van der Waals surface area contributed by atoms with E-state index in [-0.39, 0.29) is 6.61 Å². The SMILES string of the molecule is COc1cccc(CCCC#N)c1OCc1nc(-c2ccco2)oc1C. The first-order valence-corrected chi connectivity index (χ1v) is 8.38. The average Bonchev–Trinajstić information content (AvgIpc) is 3.30. The van der Waals surface area contributed by atoms with Gasteiger partial charge in [0.25, 0.3) is 5.89 Å². The molecular weight excluding hydrogens is 332 g/mol. The second-order valence-corrected chi connectivity index (χ2v) is 5.75. The highest BCUT2D eigenvalue weighted by atomic mass is 16.5. The fraction of sp³-hybridized carbons (Fsp3) is 0.300. The number of hydrogen-bond acceptors (Lipinski definition) is 6. The first kappa shape index (κ1) is 17.6. The lowest BCUT2D eigenvalue weighted by molar-refractivity contribution is 0.276. The van der Waals surface area contributed by atoms with E-state index < -0.39 is 0 Å². The summed E-state index contributed by atoms with van der Waals surface area (Å²) in [6, 6.07) is 11.5. The molecule has 2 aromatic heterocycles. The molecule has 0 radical (unpaired) electrons. The van der Waals surface area contributed by atoms with E-state index in [1.54, 1.807) is 25.5 Å². The van der Waals surface area contributed by atoms with E-state index in [9.17, 15) is 0 Å². The van der Waals surface area contributed by atoms with Gasteiger partial charge in [-0.2, -0.15) is 5.26 Å². The summed E-state index contributed by atoms with van der Waals surface area (Å²) in [5.74, 6) is 3.02. The molecule has 0 unspecified atom stereocenters. The van der Waals surface area contributed by atoms with Crippen LogP contribution in [0.1, 0.15) is 29.9 Å². The predicted molar refractivity (Wildman–Crippen MR) is 94.8 cm³/mol. The number of methoxy groups -OCH3 is 1. The quantitative estimate of drug-likeness (QED) is 0.548. The van der Waals surface area contributed by atoms with Crippen LogP contribution < -0.4 is 9.47 Å². The van der Waals surface area contributed by atoms with Crippen molar-refractivity contribution < 1.29 is 18.3 Å². The number of ether oxygens (including phenoxy) is 2. The first-order chi connectivity index (χ1) is 12.7. The zero-order valence-electron chi connectivity index (χ0n) is 14.8. The third kappa shape index (κ3) is 3.89. The third-order valence-electron chi connectivity index (χ3n) is 3.99. The Hall–Kier alpha value is -3.20. The average molecular weight is 352 g/mol. The minimum absolute atomic E-state index is 0.252. The molecule has 3 aromatic rings. The number of hydrogen-bond donors (Lipinski definition) is 0. The van der Waals surface area contributed by atoms with E-state index in [0.29, 0.717) is 41.0 Å². The van der Waals surface area contributed by atoms with Crippen LogP contribution in [0.25, 0.3) is 11.7 Å². The second-order valence-electron chi connectivity index (χ2n) is 5.75. The number of furan rings is 1. The second kappa shape index (κ2) is 8.26. The fourth-order valence-electron chi connectivity index (χ4n) is 2.65. The van der Waals surface area contributed by atoms with Gasteiger partial charge in [0.1, 0.15) is 18.1 Å². The molecule has 2 heterocycles. The summed E-state index contributed by atoms with van der Waals surface area (Å²) in [5, 5.41) is 8.75. The Morgan fingerprint density at radius 3 is 2.85 bits per heavy atom. The Balaban J connectivity index is 1.78. The Kier molecular flexibility index (Phi) is 5.59. The Bertz CT molecular complexity index is 891. The van der Waals surface area contributed by atoms with Crippen LogP contribution in [0.15, 0.2) is 45.4 Å². The van der Waals surface area contributed by atoms with Gasteiger partial charge in [0, 0.05) is 6.42 Å². The number of rotatable bonds is 8. The molecule has 0 aliphatic rings. The number of aromatic nitrogens is 1. The molecular formula is C20H20N2O4. The molecule has 3 rings (SSSR count). The summed E-state index contributed by atoms with van der Waals surface area (Å²) < 4.78 is 22.4. The highest BCUT2D eigenvalue weighted by Crippen LogP contribution is 2.33. The van der Waals surface area contributed by atoms with Crippen molar-refractivity contribution in [2.45, 2.75) is 32.8 Å². The van der Waals surface area contributed by atoms with E-state index >= 15 is 0 Å². The van der Waals surface area contributed by atoms with Gasteiger partial charge in [0.2, 0.25) is 0 Å². The molecule has 0 N–H and O–H groups in total. The zero-order valence-corrected chi connectivity index (χ0v) is 14.8. The Morgan fingerprint density at radius 2 is 2.12 bits per heavy atom. The summed E-state index contributed by atoms with van der Waals surface area (Å²) in [6.45, 7) is 2.09. The van der Waals surface area contributed by atoms with Gasteiger partial charge >= 0.3 is 0 Å². The lowest BCUT2D eigenvalue weighted by atomic mass is 10.1. The lowest BCUT2D eigenvalue weighted by Crippen LogP contribution is -2.02. The van der Waals surface area contributed by atoms with Crippen molar-refractivity contribution >= 4 is 0 Å². The molecule has 6 nitrogen and oxygen atoms in total.